The molecule has 0 saturated carbocycles. The number of fused-ring (bicyclic) bond motifs is 1. The Balaban J connectivity index is 1.39. The summed E-state index contributed by atoms with van der Waals surface area (Å²) in [7, 11) is 0. The number of nitrogens with zero attached hydrogens (tertiary/aromatic N) is 2. The van der Waals surface area contributed by atoms with Gasteiger partial charge in [0, 0.05) is 24.6 Å². The molecule has 29 heavy (non-hydrogen) atoms. The minimum absolute atomic E-state index is 0.00780. The van der Waals surface area contributed by atoms with Crippen LogP contribution >= 0.6 is 0 Å². The van der Waals surface area contributed by atoms with E-state index >= 15 is 0 Å². The van der Waals surface area contributed by atoms with Crippen LogP contribution in [-0.2, 0) is 25.5 Å². The second-order valence-electron chi connectivity index (χ2n) is 7.19. The molecule has 2 aliphatic heterocycles. The molecule has 2 aliphatic rings. The lowest BCUT2D eigenvalue weighted by Gasteiger charge is -2.22. The van der Waals surface area contributed by atoms with E-state index in [0.29, 0.717) is 5.69 Å². The standard InChI is InChI=1S/C22H20N2O5/c1-14-12-16-4-2-3-5-18(16)23(14)21(27)13-29-22(28)15-6-8-17(9-7-15)24-19(25)10-11-20(24)26/h2-9,14H,10-13H2,1H3/t14-/m1/s1. The van der Waals surface area contributed by atoms with Crippen LogP contribution in [0.15, 0.2) is 48.5 Å². The van der Waals surface area contributed by atoms with Crippen molar-refractivity contribution < 1.29 is 23.9 Å². The van der Waals surface area contributed by atoms with Crippen molar-refractivity contribution in [3.8, 4) is 0 Å². The summed E-state index contributed by atoms with van der Waals surface area (Å²) in [6.45, 7) is 1.60. The average Bonchev–Trinajstić information content (AvgIpc) is 3.23. The molecule has 7 heteroatoms. The van der Waals surface area contributed by atoms with Crippen molar-refractivity contribution in [3.05, 3.63) is 59.7 Å². The number of imide groups is 1. The van der Waals surface area contributed by atoms with Gasteiger partial charge < -0.3 is 9.64 Å². The van der Waals surface area contributed by atoms with Crippen LogP contribution in [0.4, 0.5) is 11.4 Å². The SMILES string of the molecule is C[C@@H]1Cc2ccccc2N1C(=O)COC(=O)c1ccc(N2C(=O)CCC2=O)cc1. The summed E-state index contributed by atoms with van der Waals surface area (Å²) in [5.41, 5.74) is 2.62. The van der Waals surface area contributed by atoms with Crippen molar-refractivity contribution in [2.45, 2.75) is 32.2 Å². The molecule has 2 heterocycles. The summed E-state index contributed by atoms with van der Waals surface area (Å²) in [5.74, 6) is -1.42. The average molecular weight is 392 g/mol. The van der Waals surface area contributed by atoms with Crippen LogP contribution in [0.1, 0.15) is 35.7 Å². The molecular weight excluding hydrogens is 372 g/mol. The minimum atomic E-state index is -0.635. The molecule has 4 rings (SSSR count). The number of esters is 1. The van der Waals surface area contributed by atoms with E-state index in [1.807, 2.05) is 31.2 Å². The van der Waals surface area contributed by atoms with Crippen molar-refractivity contribution in [2.24, 2.45) is 0 Å². The van der Waals surface area contributed by atoms with Gasteiger partial charge in [-0.25, -0.2) is 4.79 Å². The predicted molar refractivity (Wildman–Crippen MR) is 106 cm³/mol. The number of amides is 3. The molecule has 1 saturated heterocycles. The van der Waals surface area contributed by atoms with Crippen molar-refractivity contribution in [1.29, 1.82) is 0 Å². The molecule has 3 amide bonds. The van der Waals surface area contributed by atoms with E-state index in [1.165, 1.54) is 24.3 Å². The second kappa shape index (κ2) is 7.50. The Morgan fingerprint density at radius 3 is 2.34 bits per heavy atom. The van der Waals surface area contributed by atoms with Gasteiger partial charge in [-0.1, -0.05) is 18.2 Å². The topological polar surface area (TPSA) is 84.0 Å². The molecule has 0 radical (unpaired) electrons. The second-order valence-corrected chi connectivity index (χ2v) is 7.19. The molecule has 0 spiro atoms. The number of carbonyl (C=O) groups excluding carboxylic acids is 4. The lowest BCUT2D eigenvalue weighted by atomic mass is 10.1. The van der Waals surface area contributed by atoms with Gasteiger partial charge in [0.05, 0.1) is 11.3 Å². The first-order chi connectivity index (χ1) is 14.0. The Kier molecular flexibility index (Phi) is 4.88. The lowest BCUT2D eigenvalue weighted by Crippen LogP contribution is -2.38. The smallest absolute Gasteiger partial charge is 0.338 e. The molecule has 0 aromatic heterocycles. The zero-order chi connectivity index (χ0) is 20.5. The van der Waals surface area contributed by atoms with E-state index in [-0.39, 0.29) is 48.8 Å². The summed E-state index contributed by atoms with van der Waals surface area (Å²) < 4.78 is 5.20. The van der Waals surface area contributed by atoms with Gasteiger partial charge >= 0.3 is 5.97 Å². The molecule has 0 bridgehead atoms. The van der Waals surface area contributed by atoms with E-state index in [2.05, 4.69) is 0 Å². The fourth-order valence-corrected chi connectivity index (χ4v) is 3.84. The highest BCUT2D eigenvalue weighted by molar-refractivity contribution is 6.19. The number of hydrogen-bond donors (Lipinski definition) is 0. The highest BCUT2D eigenvalue weighted by Crippen LogP contribution is 2.31. The fraction of sp³-hybridized carbons (Fsp3) is 0.273. The van der Waals surface area contributed by atoms with E-state index in [4.69, 9.17) is 4.74 Å². The summed E-state index contributed by atoms with van der Waals surface area (Å²) >= 11 is 0. The number of carbonyl (C=O) groups is 4. The molecule has 7 nitrogen and oxygen atoms in total. The van der Waals surface area contributed by atoms with Gasteiger partial charge in [0.15, 0.2) is 6.61 Å². The Labute approximate surface area is 167 Å². The number of anilines is 2. The molecular formula is C22H20N2O5. The predicted octanol–water partition coefficient (Wildman–Crippen LogP) is 2.47. The number of rotatable bonds is 4. The zero-order valence-electron chi connectivity index (χ0n) is 16.0. The van der Waals surface area contributed by atoms with Gasteiger partial charge in [-0.15, -0.1) is 0 Å². The third-order valence-corrected chi connectivity index (χ3v) is 5.22. The maximum absolute atomic E-state index is 12.6. The molecule has 148 valence electrons. The van der Waals surface area contributed by atoms with Crippen molar-refractivity contribution in [2.75, 3.05) is 16.4 Å². The van der Waals surface area contributed by atoms with Crippen LogP contribution in [-0.4, -0.2) is 36.3 Å². The Morgan fingerprint density at radius 1 is 1.00 bits per heavy atom. The van der Waals surface area contributed by atoms with E-state index in [0.717, 1.165) is 22.6 Å². The third-order valence-electron chi connectivity index (χ3n) is 5.22. The number of benzene rings is 2. The summed E-state index contributed by atoms with van der Waals surface area (Å²) in [5, 5.41) is 0. The van der Waals surface area contributed by atoms with Crippen LogP contribution in [0, 0.1) is 0 Å². The van der Waals surface area contributed by atoms with E-state index < -0.39 is 5.97 Å². The van der Waals surface area contributed by atoms with Crippen LogP contribution in [0.2, 0.25) is 0 Å². The van der Waals surface area contributed by atoms with Crippen molar-refractivity contribution in [3.63, 3.8) is 0 Å². The van der Waals surface area contributed by atoms with Gasteiger partial charge in [0.25, 0.3) is 5.91 Å². The van der Waals surface area contributed by atoms with Gasteiger partial charge in [-0.05, 0) is 49.2 Å². The van der Waals surface area contributed by atoms with Gasteiger partial charge in [0.2, 0.25) is 11.8 Å². The molecule has 1 fully saturated rings. The number of ether oxygens (including phenoxy) is 1. The molecule has 1 atom stereocenters. The molecule has 2 aromatic carbocycles. The van der Waals surface area contributed by atoms with E-state index in [9.17, 15) is 19.2 Å². The highest BCUT2D eigenvalue weighted by Gasteiger charge is 2.32. The van der Waals surface area contributed by atoms with Gasteiger partial charge in [-0.2, -0.15) is 0 Å². The minimum Gasteiger partial charge on any atom is -0.452 e. The fourth-order valence-electron chi connectivity index (χ4n) is 3.84. The molecule has 0 N–H and O–H groups in total. The molecule has 0 unspecified atom stereocenters. The molecule has 0 aliphatic carbocycles. The highest BCUT2D eigenvalue weighted by atomic mass is 16.5. The van der Waals surface area contributed by atoms with Crippen molar-refractivity contribution >= 4 is 35.1 Å². The lowest BCUT2D eigenvalue weighted by molar-refractivity contribution is -0.122. The first-order valence-electron chi connectivity index (χ1n) is 9.48. The van der Waals surface area contributed by atoms with E-state index in [1.54, 1.807) is 4.90 Å². The van der Waals surface area contributed by atoms with Gasteiger partial charge in [-0.3, -0.25) is 19.3 Å². The monoisotopic (exact) mass is 392 g/mol. The van der Waals surface area contributed by atoms with Crippen molar-refractivity contribution in [1.82, 2.24) is 0 Å². The first kappa shape index (κ1) is 18.9. The number of hydrogen-bond acceptors (Lipinski definition) is 5. The summed E-state index contributed by atoms with van der Waals surface area (Å²) in [4.78, 5) is 51.3. The first-order valence-corrected chi connectivity index (χ1v) is 9.48. The van der Waals surface area contributed by atoms with Crippen LogP contribution in [0.25, 0.3) is 0 Å². The largest absolute Gasteiger partial charge is 0.452 e. The zero-order valence-corrected chi connectivity index (χ0v) is 16.0. The quantitative estimate of drug-likeness (QED) is 0.590. The van der Waals surface area contributed by atoms with Crippen LogP contribution < -0.4 is 9.80 Å². The third kappa shape index (κ3) is 3.51. The summed E-state index contributed by atoms with van der Waals surface area (Å²) in [6.07, 6.45) is 1.16. The maximum atomic E-state index is 12.6. The normalized spacial score (nSPS) is 18.2. The van der Waals surface area contributed by atoms with Crippen LogP contribution in [0.5, 0.6) is 0 Å². The van der Waals surface area contributed by atoms with Crippen LogP contribution in [0.3, 0.4) is 0 Å². The Bertz CT molecular complexity index is 983. The number of para-hydroxylation sites is 1. The Hall–Kier alpha value is -3.48. The molecule has 2 aromatic rings. The maximum Gasteiger partial charge on any atom is 0.338 e. The van der Waals surface area contributed by atoms with Gasteiger partial charge in [0.1, 0.15) is 0 Å². The summed E-state index contributed by atoms with van der Waals surface area (Å²) in [6, 6.07) is 13.7. The Morgan fingerprint density at radius 2 is 1.66 bits per heavy atom.